The number of carbonyl (C=O) groups is 2. The highest BCUT2D eigenvalue weighted by Crippen LogP contribution is 2.22. The van der Waals surface area contributed by atoms with Gasteiger partial charge in [-0.15, -0.1) is 0 Å². The smallest absolute Gasteiger partial charge is 0.338 e. The van der Waals surface area contributed by atoms with Crippen LogP contribution in [0.15, 0.2) is 48.5 Å². The summed E-state index contributed by atoms with van der Waals surface area (Å²) in [5.41, 5.74) is 2.97. The fourth-order valence-electron chi connectivity index (χ4n) is 3.53. The minimum absolute atomic E-state index is 0.0556. The quantitative estimate of drug-likeness (QED) is 0.651. The maximum atomic E-state index is 12.4. The Labute approximate surface area is 168 Å². The van der Waals surface area contributed by atoms with Crippen LogP contribution in [-0.4, -0.2) is 47.3 Å². The summed E-state index contributed by atoms with van der Waals surface area (Å²) in [6.07, 6.45) is 2.01. The van der Waals surface area contributed by atoms with E-state index >= 15 is 0 Å². The average molecular weight is 393 g/mol. The van der Waals surface area contributed by atoms with Crippen LogP contribution in [0.25, 0.3) is 16.7 Å². The minimum Gasteiger partial charge on any atom is -0.452 e. The van der Waals surface area contributed by atoms with Gasteiger partial charge in [-0.3, -0.25) is 9.36 Å². The Morgan fingerprint density at radius 2 is 2.07 bits per heavy atom. The van der Waals surface area contributed by atoms with Gasteiger partial charge in [0.2, 0.25) is 0 Å². The fraction of sp³-hybridized carbons (Fsp3) is 0.318. The maximum absolute atomic E-state index is 12.4. The molecular formula is C22H23N3O4. The van der Waals surface area contributed by atoms with Crippen molar-refractivity contribution in [3.8, 4) is 5.69 Å². The topological polar surface area (TPSA) is 82.4 Å². The van der Waals surface area contributed by atoms with Crippen LogP contribution >= 0.6 is 0 Å². The van der Waals surface area contributed by atoms with Crippen molar-refractivity contribution in [1.29, 1.82) is 0 Å². The molecule has 4 rings (SSSR count). The van der Waals surface area contributed by atoms with Gasteiger partial charge >= 0.3 is 5.97 Å². The van der Waals surface area contributed by atoms with Crippen LogP contribution in [0.5, 0.6) is 0 Å². The molecule has 3 aromatic rings. The van der Waals surface area contributed by atoms with Gasteiger partial charge in [-0.05, 0) is 50.1 Å². The molecule has 7 heteroatoms. The van der Waals surface area contributed by atoms with Gasteiger partial charge in [-0.25, -0.2) is 9.78 Å². The first kappa shape index (κ1) is 19.1. The number of imidazole rings is 1. The van der Waals surface area contributed by atoms with Gasteiger partial charge in [0, 0.05) is 18.8 Å². The Hall–Kier alpha value is -3.19. The number of benzene rings is 2. The predicted octanol–water partition coefficient (Wildman–Crippen LogP) is 2.79. The highest BCUT2D eigenvalue weighted by Gasteiger charge is 2.18. The largest absolute Gasteiger partial charge is 0.452 e. The summed E-state index contributed by atoms with van der Waals surface area (Å²) in [7, 11) is 0. The SMILES string of the molecule is Cc1nc2cc(C(=O)OCC(=O)NC[C@@H]3CCCO3)ccc2n1-c1ccccc1. The Bertz CT molecular complexity index is 1020. The molecule has 1 amide bonds. The summed E-state index contributed by atoms with van der Waals surface area (Å²) < 4.78 is 12.6. The molecule has 1 aromatic heterocycles. The predicted molar refractivity (Wildman–Crippen MR) is 108 cm³/mol. The number of aryl methyl sites for hydroxylation is 1. The Balaban J connectivity index is 1.41. The molecule has 1 saturated heterocycles. The summed E-state index contributed by atoms with van der Waals surface area (Å²) in [4.78, 5) is 28.8. The summed E-state index contributed by atoms with van der Waals surface area (Å²) in [5, 5.41) is 2.73. The van der Waals surface area contributed by atoms with E-state index in [9.17, 15) is 9.59 Å². The van der Waals surface area contributed by atoms with Crippen molar-refractivity contribution in [2.75, 3.05) is 19.8 Å². The molecule has 1 aliphatic rings. The fourth-order valence-corrected chi connectivity index (χ4v) is 3.53. The van der Waals surface area contributed by atoms with E-state index in [1.54, 1.807) is 12.1 Å². The molecule has 1 N–H and O–H groups in total. The van der Waals surface area contributed by atoms with Crippen molar-refractivity contribution >= 4 is 22.9 Å². The number of amides is 1. The molecule has 1 fully saturated rings. The summed E-state index contributed by atoms with van der Waals surface area (Å²) in [6, 6.07) is 15.1. The van der Waals surface area contributed by atoms with Crippen molar-refractivity contribution in [2.45, 2.75) is 25.9 Å². The van der Waals surface area contributed by atoms with Crippen molar-refractivity contribution < 1.29 is 19.1 Å². The van der Waals surface area contributed by atoms with E-state index in [1.165, 1.54) is 0 Å². The zero-order valence-corrected chi connectivity index (χ0v) is 16.3. The number of para-hydroxylation sites is 1. The Morgan fingerprint density at radius 3 is 2.83 bits per heavy atom. The van der Waals surface area contributed by atoms with Crippen LogP contribution in [-0.2, 0) is 14.3 Å². The second-order valence-electron chi connectivity index (χ2n) is 7.05. The maximum Gasteiger partial charge on any atom is 0.338 e. The number of hydrogen-bond donors (Lipinski definition) is 1. The lowest BCUT2D eigenvalue weighted by atomic mass is 10.2. The van der Waals surface area contributed by atoms with Gasteiger partial charge in [-0.1, -0.05) is 18.2 Å². The number of nitrogens with one attached hydrogen (secondary N) is 1. The van der Waals surface area contributed by atoms with Crippen LogP contribution < -0.4 is 5.32 Å². The van der Waals surface area contributed by atoms with Crippen molar-refractivity contribution in [1.82, 2.24) is 14.9 Å². The second kappa shape index (κ2) is 8.45. The zero-order chi connectivity index (χ0) is 20.2. The third-order valence-electron chi connectivity index (χ3n) is 4.96. The first-order chi connectivity index (χ1) is 14.1. The summed E-state index contributed by atoms with van der Waals surface area (Å²) >= 11 is 0. The van der Waals surface area contributed by atoms with Crippen molar-refractivity contribution in [3.63, 3.8) is 0 Å². The minimum atomic E-state index is -0.550. The first-order valence-corrected chi connectivity index (χ1v) is 9.72. The number of hydrogen-bond acceptors (Lipinski definition) is 5. The monoisotopic (exact) mass is 393 g/mol. The normalized spacial score (nSPS) is 16.1. The van der Waals surface area contributed by atoms with Gasteiger partial charge in [-0.2, -0.15) is 0 Å². The lowest BCUT2D eigenvalue weighted by Crippen LogP contribution is -2.34. The molecule has 0 aliphatic carbocycles. The van der Waals surface area contributed by atoms with Crippen LogP contribution in [0.4, 0.5) is 0 Å². The molecule has 0 spiro atoms. The number of fused-ring (bicyclic) bond motifs is 1. The first-order valence-electron chi connectivity index (χ1n) is 9.72. The van der Waals surface area contributed by atoms with E-state index in [-0.39, 0.29) is 18.6 Å². The average Bonchev–Trinajstić information content (AvgIpc) is 3.37. The van der Waals surface area contributed by atoms with E-state index in [1.807, 2.05) is 47.9 Å². The second-order valence-corrected chi connectivity index (χ2v) is 7.05. The standard InChI is InChI=1S/C22H23N3O4/c1-15-24-19-12-16(9-10-20(19)25(15)17-6-3-2-4-7-17)22(27)29-14-21(26)23-13-18-8-5-11-28-18/h2-4,6-7,9-10,12,18H,5,8,11,13-14H2,1H3,(H,23,26)/t18-/m0/s1. The molecule has 1 aliphatic heterocycles. The number of carbonyl (C=O) groups excluding carboxylic acids is 2. The number of aromatic nitrogens is 2. The molecule has 2 heterocycles. The van der Waals surface area contributed by atoms with Crippen LogP contribution in [0, 0.1) is 6.92 Å². The molecule has 0 saturated carbocycles. The molecule has 0 unspecified atom stereocenters. The molecule has 150 valence electrons. The molecular weight excluding hydrogens is 370 g/mol. The van der Waals surface area contributed by atoms with E-state index < -0.39 is 5.97 Å². The molecule has 1 atom stereocenters. The number of ether oxygens (including phenoxy) is 2. The van der Waals surface area contributed by atoms with Gasteiger partial charge in [0.15, 0.2) is 6.61 Å². The Morgan fingerprint density at radius 1 is 1.24 bits per heavy atom. The summed E-state index contributed by atoms with van der Waals surface area (Å²) in [5.74, 6) is -0.0598. The van der Waals surface area contributed by atoms with Gasteiger partial charge in [0.1, 0.15) is 5.82 Å². The highest BCUT2D eigenvalue weighted by atomic mass is 16.5. The number of esters is 1. The van der Waals surface area contributed by atoms with E-state index in [0.29, 0.717) is 17.6 Å². The van der Waals surface area contributed by atoms with Crippen LogP contribution in [0.1, 0.15) is 29.0 Å². The molecule has 7 nitrogen and oxygen atoms in total. The van der Waals surface area contributed by atoms with Crippen molar-refractivity contribution in [3.05, 3.63) is 59.9 Å². The third kappa shape index (κ3) is 4.30. The lowest BCUT2D eigenvalue weighted by molar-refractivity contribution is -0.124. The van der Waals surface area contributed by atoms with Crippen LogP contribution in [0.2, 0.25) is 0 Å². The zero-order valence-electron chi connectivity index (χ0n) is 16.3. The molecule has 2 aromatic carbocycles. The number of rotatable bonds is 6. The lowest BCUT2D eigenvalue weighted by Gasteiger charge is -2.11. The summed E-state index contributed by atoms with van der Waals surface area (Å²) in [6.45, 7) is 2.78. The Kier molecular flexibility index (Phi) is 5.57. The van der Waals surface area contributed by atoms with Gasteiger partial charge in [0.25, 0.3) is 5.91 Å². The van der Waals surface area contributed by atoms with Gasteiger partial charge < -0.3 is 14.8 Å². The molecule has 29 heavy (non-hydrogen) atoms. The van der Waals surface area contributed by atoms with Crippen LogP contribution in [0.3, 0.4) is 0 Å². The number of nitrogens with zero attached hydrogens (tertiary/aromatic N) is 2. The third-order valence-corrected chi connectivity index (χ3v) is 4.96. The van der Waals surface area contributed by atoms with E-state index in [4.69, 9.17) is 9.47 Å². The van der Waals surface area contributed by atoms with E-state index in [2.05, 4.69) is 10.3 Å². The highest BCUT2D eigenvalue weighted by molar-refractivity contribution is 5.95. The van der Waals surface area contributed by atoms with Gasteiger partial charge in [0.05, 0.1) is 22.7 Å². The van der Waals surface area contributed by atoms with Crippen molar-refractivity contribution in [2.24, 2.45) is 0 Å². The van der Waals surface area contributed by atoms with E-state index in [0.717, 1.165) is 36.5 Å². The molecule has 0 radical (unpaired) electrons. The molecule has 0 bridgehead atoms.